The number of aromatic nitrogens is 2. The van der Waals surface area contributed by atoms with Crippen molar-refractivity contribution in [2.45, 2.75) is 0 Å². The summed E-state index contributed by atoms with van der Waals surface area (Å²) in [5.41, 5.74) is 13.3. The second kappa shape index (κ2) is 3.33. The van der Waals surface area contributed by atoms with Crippen molar-refractivity contribution in [3.63, 3.8) is 0 Å². The van der Waals surface area contributed by atoms with Gasteiger partial charge in [0.1, 0.15) is 0 Å². The SMILES string of the molecule is Nc1cccc(-c2ncccn2)c1N. The fourth-order valence-corrected chi connectivity index (χ4v) is 1.22. The first-order valence-corrected chi connectivity index (χ1v) is 4.20. The van der Waals surface area contributed by atoms with Gasteiger partial charge in [-0.3, -0.25) is 0 Å². The van der Waals surface area contributed by atoms with Crippen molar-refractivity contribution < 1.29 is 0 Å². The van der Waals surface area contributed by atoms with E-state index >= 15 is 0 Å². The maximum atomic E-state index is 5.81. The molecule has 0 aliphatic carbocycles. The van der Waals surface area contributed by atoms with Crippen LogP contribution in [0.5, 0.6) is 0 Å². The third-order valence-electron chi connectivity index (χ3n) is 1.95. The maximum Gasteiger partial charge on any atom is 0.161 e. The molecule has 0 amide bonds. The highest BCUT2D eigenvalue weighted by Crippen LogP contribution is 2.26. The Balaban J connectivity index is 2.58. The number of anilines is 2. The van der Waals surface area contributed by atoms with Crippen LogP contribution in [0.2, 0.25) is 0 Å². The van der Waals surface area contributed by atoms with E-state index in [4.69, 9.17) is 11.5 Å². The number of hydrogen-bond acceptors (Lipinski definition) is 4. The standard InChI is InChI=1S/C10H10N4/c11-8-4-1-3-7(9(8)12)10-13-5-2-6-14-10/h1-6H,11-12H2. The van der Waals surface area contributed by atoms with Crippen LogP contribution in [0.25, 0.3) is 11.4 Å². The lowest BCUT2D eigenvalue weighted by molar-refractivity contribution is 1.18. The number of benzene rings is 1. The molecule has 0 bridgehead atoms. The second-order valence-electron chi connectivity index (χ2n) is 2.88. The van der Waals surface area contributed by atoms with Gasteiger partial charge in [-0.05, 0) is 18.2 Å². The van der Waals surface area contributed by atoms with E-state index in [0.29, 0.717) is 17.2 Å². The van der Waals surface area contributed by atoms with Gasteiger partial charge < -0.3 is 11.5 Å². The minimum absolute atomic E-state index is 0.527. The van der Waals surface area contributed by atoms with Crippen LogP contribution in [-0.4, -0.2) is 9.97 Å². The van der Waals surface area contributed by atoms with Gasteiger partial charge in [-0.25, -0.2) is 9.97 Å². The predicted octanol–water partition coefficient (Wildman–Crippen LogP) is 1.31. The molecule has 0 radical (unpaired) electrons. The number of nitrogens with two attached hydrogens (primary N) is 2. The van der Waals surface area contributed by atoms with Gasteiger partial charge in [-0.15, -0.1) is 0 Å². The molecule has 2 aromatic rings. The van der Waals surface area contributed by atoms with Gasteiger partial charge in [0.15, 0.2) is 5.82 Å². The van der Waals surface area contributed by atoms with Crippen LogP contribution < -0.4 is 11.5 Å². The summed E-state index contributed by atoms with van der Waals surface area (Å²) in [4.78, 5) is 8.21. The third kappa shape index (κ3) is 1.37. The molecule has 1 aromatic carbocycles. The van der Waals surface area contributed by atoms with Crippen LogP contribution in [0.15, 0.2) is 36.7 Å². The Kier molecular flexibility index (Phi) is 2.02. The lowest BCUT2D eigenvalue weighted by atomic mass is 10.1. The lowest BCUT2D eigenvalue weighted by Gasteiger charge is -2.05. The van der Waals surface area contributed by atoms with Gasteiger partial charge in [0, 0.05) is 18.0 Å². The molecule has 2 rings (SSSR count). The molecule has 0 saturated carbocycles. The Morgan fingerprint density at radius 3 is 2.36 bits per heavy atom. The first-order valence-electron chi connectivity index (χ1n) is 4.20. The first-order chi connectivity index (χ1) is 6.79. The summed E-state index contributed by atoms with van der Waals surface area (Å²) < 4.78 is 0. The molecule has 1 heterocycles. The molecule has 4 nitrogen and oxygen atoms in total. The number of rotatable bonds is 1. The normalized spacial score (nSPS) is 10.0. The van der Waals surface area contributed by atoms with Gasteiger partial charge in [0.05, 0.1) is 11.4 Å². The van der Waals surface area contributed by atoms with Crippen LogP contribution in [-0.2, 0) is 0 Å². The van der Waals surface area contributed by atoms with Crippen molar-refractivity contribution in [3.05, 3.63) is 36.7 Å². The highest BCUT2D eigenvalue weighted by molar-refractivity contribution is 5.81. The van der Waals surface area contributed by atoms with Crippen molar-refractivity contribution in [2.75, 3.05) is 11.5 Å². The van der Waals surface area contributed by atoms with Gasteiger partial charge >= 0.3 is 0 Å². The first kappa shape index (κ1) is 8.50. The van der Waals surface area contributed by atoms with Gasteiger partial charge in [0.2, 0.25) is 0 Å². The third-order valence-corrected chi connectivity index (χ3v) is 1.95. The van der Waals surface area contributed by atoms with Gasteiger partial charge in [-0.1, -0.05) is 6.07 Å². The van der Waals surface area contributed by atoms with Gasteiger partial charge in [0.25, 0.3) is 0 Å². The monoisotopic (exact) mass is 186 g/mol. The zero-order valence-corrected chi connectivity index (χ0v) is 7.51. The highest BCUT2D eigenvalue weighted by atomic mass is 14.9. The van der Waals surface area contributed by atoms with Crippen molar-refractivity contribution in [1.82, 2.24) is 9.97 Å². The Morgan fingerprint density at radius 2 is 1.64 bits per heavy atom. The molecule has 0 aliphatic heterocycles. The molecule has 14 heavy (non-hydrogen) atoms. The van der Waals surface area contributed by atoms with E-state index < -0.39 is 0 Å². The molecular weight excluding hydrogens is 176 g/mol. The quantitative estimate of drug-likeness (QED) is 0.658. The number of hydrogen-bond donors (Lipinski definition) is 2. The van der Waals surface area contributed by atoms with Crippen LogP contribution in [0, 0.1) is 0 Å². The van der Waals surface area contributed by atoms with Crippen molar-refractivity contribution in [3.8, 4) is 11.4 Å². The zero-order chi connectivity index (χ0) is 9.97. The Labute approximate surface area is 81.6 Å². The summed E-state index contributed by atoms with van der Waals surface area (Å²) >= 11 is 0. The minimum atomic E-state index is 0.527. The summed E-state index contributed by atoms with van der Waals surface area (Å²) in [6.45, 7) is 0. The van der Waals surface area contributed by atoms with E-state index in [2.05, 4.69) is 9.97 Å². The van der Waals surface area contributed by atoms with E-state index in [1.807, 2.05) is 12.1 Å². The molecule has 0 aliphatic rings. The van der Waals surface area contributed by atoms with E-state index in [0.717, 1.165) is 5.56 Å². The van der Waals surface area contributed by atoms with E-state index in [1.54, 1.807) is 24.5 Å². The average molecular weight is 186 g/mol. The average Bonchev–Trinajstić information content (AvgIpc) is 2.23. The molecule has 4 heteroatoms. The number of nitrogens with zero attached hydrogens (tertiary/aromatic N) is 2. The van der Waals surface area contributed by atoms with Crippen LogP contribution in [0.3, 0.4) is 0 Å². The minimum Gasteiger partial charge on any atom is -0.397 e. The molecule has 0 atom stereocenters. The summed E-state index contributed by atoms with van der Waals surface area (Å²) in [6.07, 6.45) is 3.34. The summed E-state index contributed by atoms with van der Waals surface area (Å²) in [7, 11) is 0. The van der Waals surface area contributed by atoms with Crippen LogP contribution in [0.1, 0.15) is 0 Å². The summed E-state index contributed by atoms with van der Waals surface area (Å²) in [6, 6.07) is 7.19. The second-order valence-corrected chi connectivity index (χ2v) is 2.88. The summed E-state index contributed by atoms with van der Waals surface area (Å²) in [5, 5.41) is 0. The molecule has 0 spiro atoms. The van der Waals surface area contributed by atoms with E-state index in [9.17, 15) is 0 Å². The Hall–Kier alpha value is -2.10. The van der Waals surface area contributed by atoms with E-state index in [-0.39, 0.29) is 0 Å². The molecule has 0 fully saturated rings. The fourth-order valence-electron chi connectivity index (χ4n) is 1.22. The predicted molar refractivity (Wildman–Crippen MR) is 56.3 cm³/mol. The molecule has 70 valence electrons. The molecule has 0 saturated heterocycles. The fraction of sp³-hybridized carbons (Fsp3) is 0. The Bertz CT molecular complexity index is 439. The number of nitrogen functional groups attached to an aromatic ring is 2. The Morgan fingerprint density at radius 1 is 0.929 bits per heavy atom. The topological polar surface area (TPSA) is 77.8 Å². The van der Waals surface area contributed by atoms with E-state index in [1.165, 1.54) is 0 Å². The molecule has 4 N–H and O–H groups in total. The largest absolute Gasteiger partial charge is 0.397 e. The maximum absolute atomic E-state index is 5.81. The number of para-hydroxylation sites is 1. The summed E-state index contributed by atoms with van der Waals surface area (Å²) in [5.74, 6) is 0.595. The van der Waals surface area contributed by atoms with Crippen molar-refractivity contribution >= 4 is 11.4 Å². The molecule has 0 unspecified atom stereocenters. The smallest absolute Gasteiger partial charge is 0.161 e. The zero-order valence-electron chi connectivity index (χ0n) is 7.51. The lowest BCUT2D eigenvalue weighted by Crippen LogP contribution is -1.98. The molecule has 1 aromatic heterocycles. The van der Waals surface area contributed by atoms with Crippen LogP contribution >= 0.6 is 0 Å². The molecular formula is C10H10N4. The van der Waals surface area contributed by atoms with Gasteiger partial charge in [-0.2, -0.15) is 0 Å². The van der Waals surface area contributed by atoms with Crippen molar-refractivity contribution in [2.24, 2.45) is 0 Å². The van der Waals surface area contributed by atoms with Crippen molar-refractivity contribution in [1.29, 1.82) is 0 Å². The highest BCUT2D eigenvalue weighted by Gasteiger charge is 2.05. The van der Waals surface area contributed by atoms with Crippen LogP contribution in [0.4, 0.5) is 11.4 Å².